The van der Waals surface area contributed by atoms with Crippen molar-refractivity contribution in [2.45, 2.75) is 58.0 Å². The first-order chi connectivity index (χ1) is 12.7. The first-order valence-electron chi connectivity index (χ1n) is 9.61. The van der Waals surface area contributed by atoms with Gasteiger partial charge >= 0.3 is 0 Å². The van der Waals surface area contributed by atoms with Crippen molar-refractivity contribution >= 4 is 0 Å². The Labute approximate surface area is 155 Å². The minimum absolute atomic E-state index is 0.129. The smallest absolute Gasteiger partial charge is 0.217 e. The van der Waals surface area contributed by atoms with Gasteiger partial charge in [-0.2, -0.15) is 0 Å². The van der Waals surface area contributed by atoms with Crippen LogP contribution in [0.3, 0.4) is 0 Å². The summed E-state index contributed by atoms with van der Waals surface area (Å²) in [7, 11) is 0. The highest BCUT2D eigenvalue weighted by molar-refractivity contribution is 5.29. The average molecular weight is 356 g/mol. The molecule has 5 nitrogen and oxygen atoms in total. The first kappa shape index (κ1) is 18.6. The fraction of sp³-hybridized carbons (Fsp3) is 0.524. The van der Waals surface area contributed by atoms with Gasteiger partial charge in [0.25, 0.3) is 0 Å². The minimum atomic E-state index is 0.129. The van der Waals surface area contributed by atoms with Crippen LogP contribution in [0.25, 0.3) is 0 Å². The molecular weight excluding hydrogens is 328 g/mol. The molecule has 0 saturated carbocycles. The molecule has 3 rings (SSSR count). The molecule has 26 heavy (non-hydrogen) atoms. The SMILES string of the molecule is CCCc1ccc(CCc2cc(O)cc(OCC3CCCCO3)n2)cn1. The van der Waals surface area contributed by atoms with Gasteiger partial charge in [0, 0.05) is 36.3 Å². The van der Waals surface area contributed by atoms with Crippen molar-refractivity contribution in [3.8, 4) is 11.6 Å². The summed E-state index contributed by atoms with van der Waals surface area (Å²) in [6.45, 7) is 3.44. The Morgan fingerprint density at radius 2 is 2.08 bits per heavy atom. The maximum atomic E-state index is 9.96. The molecule has 2 aromatic heterocycles. The number of hydrogen-bond donors (Lipinski definition) is 1. The van der Waals surface area contributed by atoms with E-state index in [1.54, 1.807) is 12.1 Å². The third-order valence-electron chi connectivity index (χ3n) is 4.59. The molecule has 0 aliphatic carbocycles. The van der Waals surface area contributed by atoms with E-state index >= 15 is 0 Å². The van der Waals surface area contributed by atoms with Gasteiger partial charge in [-0.3, -0.25) is 4.98 Å². The zero-order valence-electron chi connectivity index (χ0n) is 15.5. The van der Waals surface area contributed by atoms with Crippen LogP contribution in [-0.4, -0.2) is 34.4 Å². The molecule has 1 N–H and O–H groups in total. The Kier molecular flexibility index (Phi) is 6.83. The van der Waals surface area contributed by atoms with Crippen LogP contribution in [0.2, 0.25) is 0 Å². The van der Waals surface area contributed by atoms with Gasteiger partial charge in [0.15, 0.2) is 0 Å². The molecule has 2 aromatic rings. The Morgan fingerprint density at radius 3 is 2.81 bits per heavy atom. The maximum Gasteiger partial charge on any atom is 0.217 e. The summed E-state index contributed by atoms with van der Waals surface area (Å²) < 4.78 is 11.4. The van der Waals surface area contributed by atoms with Crippen molar-refractivity contribution in [1.82, 2.24) is 9.97 Å². The van der Waals surface area contributed by atoms with Crippen LogP contribution in [0.1, 0.15) is 49.6 Å². The summed E-state index contributed by atoms with van der Waals surface area (Å²) in [4.78, 5) is 9.01. The number of aromatic nitrogens is 2. The van der Waals surface area contributed by atoms with Gasteiger partial charge in [0.2, 0.25) is 5.88 Å². The van der Waals surface area contributed by atoms with Crippen molar-refractivity contribution in [2.75, 3.05) is 13.2 Å². The molecule has 140 valence electrons. The van der Waals surface area contributed by atoms with Crippen molar-refractivity contribution in [3.63, 3.8) is 0 Å². The maximum absolute atomic E-state index is 9.96. The van der Waals surface area contributed by atoms with Crippen LogP contribution in [0.4, 0.5) is 0 Å². The molecule has 5 heteroatoms. The van der Waals surface area contributed by atoms with Gasteiger partial charge < -0.3 is 14.6 Å². The number of aryl methyl sites for hydroxylation is 3. The van der Waals surface area contributed by atoms with E-state index in [1.165, 1.54) is 12.0 Å². The monoisotopic (exact) mass is 356 g/mol. The van der Waals surface area contributed by atoms with Gasteiger partial charge in [-0.25, -0.2) is 4.98 Å². The summed E-state index contributed by atoms with van der Waals surface area (Å²) in [6.07, 6.45) is 9.08. The van der Waals surface area contributed by atoms with E-state index in [1.807, 2.05) is 6.20 Å². The molecule has 0 amide bonds. The molecule has 1 aliphatic heterocycles. The topological polar surface area (TPSA) is 64.5 Å². The van der Waals surface area contributed by atoms with Gasteiger partial charge in [-0.05, 0) is 50.2 Å². The van der Waals surface area contributed by atoms with Crippen LogP contribution in [-0.2, 0) is 24.0 Å². The van der Waals surface area contributed by atoms with E-state index in [0.717, 1.165) is 56.5 Å². The average Bonchev–Trinajstić information content (AvgIpc) is 2.67. The van der Waals surface area contributed by atoms with E-state index in [9.17, 15) is 5.11 Å². The second kappa shape index (κ2) is 9.53. The van der Waals surface area contributed by atoms with Crippen LogP contribution in [0.5, 0.6) is 11.6 Å². The largest absolute Gasteiger partial charge is 0.508 e. The van der Waals surface area contributed by atoms with Gasteiger partial charge in [-0.1, -0.05) is 19.4 Å². The van der Waals surface area contributed by atoms with E-state index in [0.29, 0.717) is 12.5 Å². The highest BCUT2D eigenvalue weighted by atomic mass is 16.5. The number of rotatable bonds is 8. The lowest BCUT2D eigenvalue weighted by atomic mass is 10.1. The van der Waals surface area contributed by atoms with Gasteiger partial charge in [-0.15, -0.1) is 0 Å². The Bertz CT molecular complexity index is 682. The molecule has 0 radical (unpaired) electrons. The summed E-state index contributed by atoms with van der Waals surface area (Å²) in [6, 6.07) is 7.47. The molecular formula is C21H28N2O3. The van der Waals surface area contributed by atoms with Crippen LogP contribution < -0.4 is 4.74 Å². The lowest BCUT2D eigenvalue weighted by molar-refractivity contribution is -0.0120. The molecule has 1 atom stereocenters. The number of pyridine rings is 2. The van der Waals surface area contributed by atoms with E-state index in [-0.39, 0.29) is 11.9 Å². The van der Waals surface area contributed by atoms with Crippen molar-refractivity contribution in [2.24, 2.45) is 0 Å². The summed E-state index contributed by atoms with van der Waals surface area (Å²) in [5, 5.41) is 9.96. The second-order valence-corrected chi connectivity index (χ2v) is 6.86. The quantitative estimate of drug-likeness (QED) is 0.778. The van der Waals surface area contributed by atoms with Crippen molar-refractivity contribution in [3.05, 3.63) is 47.4 Å². The minimum Gasteiger partial charge on any atom is -0.508 e. The van der Waals surface area contributed by atoms with Gasteiger partial charge in [0.1, 0.15) is 12.4 Å². The third kappa shape index (κ3) is 5.70. The second-order valence-electron chi connectivity index (χ2n) is 6.86. The number of hydrogen-bond acceptors (Lipinski definition) is 5. The first-order valence-corrected chi connectivity index (χ1v) is 9.61. The van der Waals surface area contributed by atoms with Crippen molar-refractivity contribution in [1.29, 1.82) is 0 Å². The molecule has 3 heterocycles. The van der Waals surface area contributed by atoms with Crippen molar-refractivity contribution < 1.29 is 14.6 Å². The number of aromatic hydroxyl groups is 1. The molecule has 1 aliphatic rings. The molecule has 1 fully saturated rings. The summed E-state index contributed by atoms with van der Waals surface area (Å²) in [5.74, 6) is 0.650. The fourth-order valence-corrected chi connectivity index (χ4v) is 3.14. The summed E-state index contributed by atoms with van der Waals surface area (Å²) in [5.41, 5.74) is 3.13. The lowest BCUT2D eigenvalue weighted by Crippen LogP contribution is -2.26. The normalized spacial score (nSPS) is 17.2. The predicted octanol–water partition coefficient (Wildman–Crippen LogP) is 3.87. The molecule has 0 spiro atoms. The standard InChI is InChI=1S/C21H28N2O3/c1-2-5-17-9-7-16(14-22-17)8-10-18-12-19(24)13-21(23-18)26-15-20-6-3-4-11-25-20/h7,9,12-14,20H,2-6,8,10-11,15H2,1H3,(H,23,24). The van der Waals surface area contributed by atoms with E-state index in [4.69, 9.17) is 9.47 Å². The summed E-state index contributed by atoms with van der Waals surface area (Å²) >= 11 is 0. The van der Waals surface area contributed by atoms with E-state index < -0.39 is 0 Å². The lowest BCUT2D eigenvalue weighted by Gasteiger charge is -2.22. The van der Waals surface area contributed by atoms with Gasteiger partial charge in [0.05, 0.1) is 6.10 Å². The Morgan fingerprint density at radius 1 is 1.15 bits per heavy atom. The molecule has 1 saturated heterocycles. The van der Waals surface area contributed by atoms with Crippen LogP contribution >= 0.6 is 0 Å². The molecule has 0 aromatic carbocycles. The predicted molar refractivity (Wildman–Crippen MR) is 101 cm³/mol. The van der Waals surface area contributed by atoms with E-state index in [2.05, 4.69) is 29.0 Å². The zero-order valence-corrected chi connectivity index (χ0v) is 15.5. The third-order valence-corrected chi connectivity index (χ3v) is 4.59. The highest BCUT2D eigenvalue weighted by Gasteiger charge is 2.15. The zero-order chi connectivity index (χ0) is 18.2. The molecule has 0 bridgehead atoms. The fourth-order valence-electron chi connectivity index (χ4n) is 3.14. The Hall–Kier alpha value is -2.14. The highest BCUT2D eigenvalue weighted by Crippen LogP contribution is 2.21. The van der Waals surface area contributed by atoms with Crippen LogP contribution in [0, 0.1) is 0 Å². The van der Waals surface area contributed by atoms with Crippen LogP contribution in [0.15, 0.2) is 30.5 Å². The number of ether oxygens (including phenoxy) is 2. The Balaban J connectivity index is 1.54. The number of nitrogens with zero attached hydrogens (tertiary/aromatic N) is 2. The molecule has 1 unspecified atom stereocenters.